The molecule has 5 aromatic carbocycles. The highest BCUT2D eigenvalue weighted by atomic mass is 14.9. The first kappa shape index (κ1) is 20.7. The zero-order chi connectivity index (χ0) is 23.2. The van der Waals surface area contributed by atoms with Gasteiger partial charge in [0.15, 0.2) is 0 Å². The highest BCUT2D eigenvalue weighted by molar-refractivity contribution is 6.21. The van der Waals surface area contributed by atoms with Crippen molar-refractivity contribution in [3.63, 3.8) is 0 Å². The molecule has 166 valence electrons. The Hall–Kier alpha value is -3.84. The summed E-state index contributed by atoms with van der Waals surface area (Å²) in [5, 5.41) is 5.27. The van der Waals surface area contributed by atoms with E-state index in [9.17, 15) is 0 Å². The number of hydrogen-bond acceptors (Lipinski definition) is 0. The fourth-order valence-corrected chi connectivity index (χ4v) is 5.25. The predicted molar refractivity (Wildman–Crippen MR) is 148 cm³/mol. The second kappa shape index (κ2) is 8.18. The molecule has 0 N–H and O–H groups in total. The molecule has 6 aromatic rings. The van der Waals surface area contributed by atoms with Crippen LogP contribution in [-0.4, -0.2) is 4.57 Å². The van der Waals surface area contributed by atoms with Gasteiger partial charge >= 0.3 is 0 Å². The van der Waals surface area contributed by atoms with Crippen molar-refractivity contribution in [3.05, 3.63) is 109 Å². The molecule has 1 aromatic heterocycles. The molecule has 0 saturated heterocycles. The third-order valence-electron chi connectivity index (χ3n) is 7.54. The third-order valence-corrected chi connectivity index (χ3v) is 7.54. The minimum absolute atomic E-state index is 0.610. The predicted octanol–water partition coefficient (Wildman–Crippen LogP) is 9.33. The van der Waals surface area contributed by atoms with E-state index >= 15 is 0 Å². The number of aryl methyl sites for hydroxylation is 1. The fourth-order valence-electron chi connectivity index (χ4n) is 5.25. The van der Waals surface area contributed by atoms with Gasteiger partial charge in [-0.05, 0) is 63.1 Å². The normalized spacial score (nSPS) is 12.6. The largest absolute Gasteiger partial charge is 0.344 e. The summed E-state index contributed by atoms with van der Waals surface area (Å²) in [4.78, 5) is 0. The standard InChI is InChI=1S/C33H29N/c1-4-22(2)23-9-11-24(12-10-23)25-13-15-26(16-14-25)28-17-19-30-32(21-28)34(3)31-20-18-27-7-5-6-8-29(27)33(30)31/h5-22H,4H2,1-3H3. The summed E-state index contributed by atoms with van der Waals surface area (Å²) in [7, 11) is 2.18. The average molecular weight is 440 g/mol. The van der Waals surface area contributed by atoms with Crippen LogP contribution in [0.1, 0.15) is 31.7 Å². The molecular weight excluding hydrogens is 410 g/mol. The molecular formula is C33H29N. The van der Waals surface area contributed by atoms with Gasteiger partial charge in [-0.3, -0.25) is 0 Å². The van der Waals surface area contributed by atoms with Crippen LogP contribution in [0.15, 0.2) is 103 Å². The van der Waals surface area contributed by atoms with E-state index in [1.165, 1.54) is 66.8 Å². The molecule has 0 aliphatic carbocycles. The lowest BCUT2D eigenvalue weighted by Crippen LogP contribution is -1.90. The summed E-state index contributed by atoms with van der Waals surface area (Å²) in [6.45, 7) is 4.54. The van der Waals surface area contributed by atoms with Crippen LogP contribution in [-0.2, 0) is 7.05 Å². The van der Waals surface area contributed by atoms with Crippen molar-refractivity contribution in [2.45, 2.75) is 26.2 Å². The van der Waals surface area contributed by atoms with Gasteiger partial charge in [-0.2, -0.15) is 0 Å². The molecule has 0 aliphatic heterocycles. The van der Waals surface area contributed by atoms with Crippen LogP contribution in [0.25, 0.3) is 54.8 Å². The maximum atomic E-state index is 2.33. The smallest absolute Gasteiger partial charge is 0.0495 e. The van der Waals surface area contributed by atoms with Crippen molar-refractivity contribution in [1.29, 1.82) is 0 Å². The summed E-state index contributed by atoms with van der Waals surface area (Å²) in [5.74, 6) is 0.610. The fraction of sp³-hybridized carbons (Fsp3) is 0.152. The molecule has 0 spiro atoms. The number of nitrogens with zero attached hydrogens (tertiary/aromatic N) is 1. The van der Waals surface area contributed by atoms with E-state index in [0.717, 1.165) is 0 Å². The first-order chi connectivity index (χ1) is 16.6. The maximum Gasteiger partial charge on any atom is 0.0495 e. The highest BCUT2D eigenvalue weighted by Crippen LogP contribution is 2.36. The van der Waals surface area contributed by atoms with Crippen molar-refractivity contribution >= 4 is 32.6 Å². The summed E-state index contributed by atoms with van der Waals surface area (Å²) in [6.07, 6.45) is 1.17. The second-order valence-corrected chi connectivity index (χ2v) is 9.48. The SMILES string of the molecule is CCC(C)c1ccc(-c2ccc(-c3ccc4c5c6ccccc6ccc5n(C)c4c3)cc2)cc1. The van der Waals surface area contributed by atoms with Crippen LogP contribution in [0.5, 0.6) is 0 Å². The number of aromatic nitrogens is 1. The van der Waals surface area contributed by atoms with E-state index in [-0.39, 0.29) is 0 Å². The topological polar surface area (TPSA) is 4.93 Å². The minimum atomic E-state index is 0.610. The summed E-state index contributed by atoms with van der Waals surface area (Å²) < 4.78 is 2.33. The molecule has 1 atom stereocenters. The molecule has 0 saturated carbocycles. The van der Waals surface area contributed by atoms with Gasteiger partial charge in [-0.25, -0.2) is 0 Å². The van der Waals surface area contributed by atoms with Crippen LogP contribution in [0.3, 0.4) is 0 Å². The first-order valence-corrected chi connectivity index (χ1v) is 12.2. The van der Waals surface area contributed by atoms with Crippen molar-refractivity contribution in [3.8, 4) is 22.3 Å². The van der Waals surface area contributed by atoms with Crippen molar-refractivity contribution in [2.75, 3.05) is 0 Å². The maximum absolute atomic E-state index is 2.33. The summed E-state index contributed by atoms with van der Waals surface area (Å²) in [6, 6.07) is 38.1. The zero-order valence-corrected chi connectivity index (χ0v) is 20.0. The zero-order valence-electron chi connectivity index (χ0n) is 20.0. The van der Waals surface area contributed by atoms with Gasteiger partial charge in [-0.15, -0.1) is 0 Å². The molecule has 0 radical (unpaired) electrons. The van der Waals surface area contributed by atoms with Gasteiger partial charge < -0.3 is 4.57 Å². The van der Waals surface area contributed by atoms with Gasteiger partial charge in [0.1, 0.15) is 0 Å². The van der Waals surface area contributed by atoms with E-state index in [1.54, 1.807) is 0 Å². The van der Waals surface area contributed by atoms with E-state index in [4.69, 9.17) is 0 Å². The molecule has 6 rings (SSSR count). The van der Waals surface area contributed by atoms with Gasteiger partial charge in [0.2, 0.25) is 0 Å². The number of hydrogen-bond donors (Lipinski definition) is 0. The Kier molecular flexibility index (Phi) is 4.99. The second-order valence-electron chi connectivity index (χ2n) is 9.48. The summed E-state index contributed by atoms with van der Waals surface area (Å²) >= 11 is 0. The first-order valence-electron chi connectivity index (χ1n) is 12.2. The molecule has 1 unspecified atom stereocenters. The third kappa shape index (κ3) is 3.31. The van der Waals surface area contributed by atoms with Crippen LogP contribution in [0.4, 0.5) is 0 Å². The van der Waals surface area contributed by atoms with Crippen LogP contribution >= 0.6 is 0 Å². The van der Waals surface area contributed by atoms with E-state index in [2.05, 4.69) is 129 Å². The summed E-state index contributed by atoms with van der Waals surface area (Å²) in [5.41, 5.74) is 9.00. The van der Waals surface area contributed by atoms with Gasteiger partial charge in [-0.1, -0.05) is 105 Å². The average Bonchev–Trinajstić information content (AvgIpc) is 3.20. The van der Waals surface area contributed by atoms with Crippen molar-refractivity contribution in [1.82, 2.24) is 4.57 Å². The highest BCUT2D eigenvalue weighted by Gasteiger charge is 2.12. The molecule has 0 aliphatic rings. The Bertz CT molecular complexity index is 1630. The van der Waals surface area contributed by atoms with Crippen LogP contribution < -0.4 is 0 Å². The molecule has 0 fully saturated rings. The quantitative estimate of drug-likeness (QED) is 0.258. The minimum Gasteiger partial charge on any atom is -0.344 e. The van der Waals surface area contributed by atoms with Crippen LogP contribution in [0, 0.1) is 0 Å². The van der Waals surface area contributed by atoms with Crippen molar-refractivity contribution in [2.24, 2.45) is 7.05 Å². The Morgan fingerprint density at radius 3 is 1.94 bits per heavy atom. The van der Waals surface area contributed by atoms with E-state index in [0.29, 0.717) is 5.92 Å². The van der Waals surface area contributed by atoms with E-state index < -0.39 is 0 Å². The van der Waals surface area contributed by atoms with Gasteiger partial charge in [0.25, 0.3) is 0 Å². The number of fused-ring (bicyclic) bond motifs is 5. The monoisotopic (exact) mass is 439 g/mol. The Balaban J connectivity index is 1.39. The molecule has 0 amide bonds. The lowest BCUT2D eigenvalue weighted by molar-refractivity contribution is 0.734. The lowest BCUT2D eigenvalue weighted by Gasteiger charge is -2.10. The van der Waals surface area contributed by atoms with Crippen molar-refractivity contribution < 1.29 is 0 Å². The Morgan fingerprint density at radius 2 is 1.24 bits per heavy atom. The molecule has 1 heteroatoms. The Morgan fingerprint density at radius 1 is 0.618 bits per heavy atom. The number of benzene rings is 5. The molecule has 1 heterocycles. The molecule has 0 bridgehead atoms. The lowest BCUT2D eigenvalue weighted by atomic mass is 9.95. The molecule has 1 nitrogen and oxygen atoms in total. The van der Waals surface area contributed by atoms with Crippen LogP contribution in [0.2, 0.25) is 0 Å². The Labute approximate surface area is 201 Å². The van der Waals surface area contributed by atoms with Gasteiger partial charge in [0, 0.05) is 28.9 Å². The molecule has 34 heavy (non-hydrogen) atoms. The number of rotatable bonds is 4. The van der Waals surface area contributed by atoms with E-state index in [1.807, 2.05) is 0 Å². The van der Waals surface area contributed by atoms with Gasteiger partial charge in [0.05, 0.1) is 0 Å².